The quantitative estimate of drug-likeness (QED) is 0.808. The second-order valence-corrected chi connectivity index (χ2v) is 5.06. The molecule has 1 unspecified atom stereocenters. The van der Waals surface area contributed by atoms with Gasteiger partial charge in [0.2, 0.25) is 0 Å². The Kier molecular flexibility index (Phi) is 2.89. The summed E-state index contributed by atoms with van der Waals surface area (Å²) in [7, 11) is 0. The monoisotopic (exact) mass is 235 g/mol. The summed E-state index contributed by atoms with van der Waals surface area (Å²) in [6.45, 7) is 1.62. The van der Waals surface area contributed by atoms with Crippen LogP contribution in [0.5, 0.6) is 0 Å². The molecule has 17 heavy (non-hydrogen) atoms. The maximum atomic E-state index is 13.3. The number of halogens is 1. The number of benzene rings is 1. The second-order valence-electron chi connectivity index (χ2n) is 5.06. The van der Waals surface area contributed by atoms with E-state index in [1.807, 2.05) is 6.07 Å². The van der Waals surface area contributed by atoms with Crippen molar-refractivity contribution in [3.63, 3.8) is 0 Å². The highest BCUT2D eigenvalue weighted by atomic mass is 19.1. The Morgan fingerprint density at radius 1 is 1.29 bits per heavy atom. The first kappa shape index (κ1) is 11.2. The molecule has 0 radical (unpaired) electrons. The predicted molar refractivity (Wildman–Crippen MR) is 64.3 cm³/mol. The molecule has 2 nitrogen and oxygen atoms in total. The van der Waals surface area contributed by atoms with Crippen LogP contribution in [-0.4, -0.2) is 18.8 Å². The highest BCUT2D eigenvalue weighted by Crippen LogP contribution is 2.44. The molecule has 1 aliphatic heterocycles. The van der Waals surface area contributed by atoms with Gasteiger partial charge in [0.1, 0.15) is 5.82 Å². The molecular formula is C14H18FNO. The third kappa shape index (κ3) is 1.98. The Morgan fingerprint density at radius 2 is 2.12 bits per heavy atom. The minimum Gasteiger partial charge on any atom is -0.372 e. The first-order chi connectivity index (χ1) is 8.30. The number of ether oxygens (including phenoxy) is 1. The maximum Gasteiger partial charge on any atom is 0.123 e. The van der Waals surface area contributed by atoms with Crippen LogP contribution in [0.2, 0.25) is 0 Å². The van der Waals surface area contributed by atoms with Gasteiger partial charge in [0, 0.05) is 6.54 Å². The second kappa shape index (κ2) is 4.39. The maximum absolute atomic E-state index is 13.3. The third-order valence-electron chi connectivity index (χ3n) is 4.00. The fourth-order valence-corrected chi connectivity index (χ4v) is 3.24. The van der Waals surface area contributed by atoms with E-state index < -0.39 is 0 Å². The average Bonchev–Trinajstić information content (AvgIpc) is 2.79. The molecule has 1 atom stereocenters. The summed E-state index contributed by atoms with van der Waals surface area (Å²) < 4.78 is 19.4. The van der Waals surface area contributed by atoms with Gasteiger partial charge in [-0.2, -0.15) is 0 Å². The summed E-state index contributed by atoms with van der Waals surface area (Å²) in [5.74, 6) is -0.164. The molecule has 2 aliphatic rings. The van der Waals surface area contributed by atoms with E-state index in [0.29, 0.717) is 0 Å². The first-order valence-electron chi connectivity index (χ1n) is 6.43. The zero-order valence-electron chi connectivity index (χ0n) is 9.92. The minimum atomic E-state index is -0.164. The van der Waals surface area contributed by atoms with Crippen LogP contribution in [0.3, 0.4) is 0 Å². The van der Waals surface area contributed by atoms with Crippen LogP contribution < -0.4 is 5.32 Å². The standard InChI is InChI=1S/C14H18FNO/c15-12-5-3-4-11(10-12)13-14(6-1-2-7-14)17-9-8-16-13/h3-5,10,13,16H,1-2,6-9H2. The van der Waals surface area contributed by atoms with Crippen LogP contribution in [0.25, 0.3) is 0 Å². The van der Waals surface area contributed by atoms with Gasteiger partial charge in [0.05, 0.1) is 18.2 Å². The van der Waals surface area contributed by atoms with Crippen molar-refractivity contribution < 1.29 is 9.13 Å². The SMILES string of the molecule is Fc1cccc(C2NCCOC23CCCC3)c1. The van der Waals surface area contributed by atoms with E-state index in [4.69, 9.17) is 4.74 Å². The zero-order chi connectivity index (χ0) is 11.7. The lowest BCUT2D eigenvalue weighted by molar-refractivity contribution is -0.0935. The van der Waals surface area contributed by atoms with Crippen molar-refractivity contribution in [2.24, 2.45) is 0 Å². The molecule has 1 saturated carbocycles. The number of morpholine rings is 1. The molecule has 2 fully saturated rings. The van der Waals surface area contributed by atoms with Gasteiger partial charge in [0.25, 0.3) is 0 Å². The van der Waals surface area contributed by atoms with Crippen LogP contribution in [-0.2, 0) is 4.74 Å². The zero-order valence-corrected chi connectivity index (χ0v) is 9.92. The molecule has 1 aromatic carbocycles. The van der Waals surface area contributed by atoms with Gasteiger partial charge in [-0.3, -0.25) is 0 Å². The molecule has 1 aromatic rings. The Balaban J connectivity index is 1.93. The van der Waals surface area contributed by atoms with Gasteiger partial charge in [-0.15, -0.1) is 0 Å². The van der Waals surface area contributed by atoms with E-state index in [9.17, 15) is 4.39 Å². The van der Waals surface area contributed by atoms with E-state index in [-0.39, 0.29) is 17.5 Å². The van der Waals surface area contributed by atoms with Crippen molar-refractivity contribution in [1.82, 2.24) is 5.32 Å². The topological polar surface area (TPSA) is 21.3 Å². The molecule has 92 valence electrons. The van der Waals surface area contributed by atoms with Crippen LogP contribution in [0.4, 0.5) is 4.39 Å². The van der Waals surface area contributed by atoms with Gasteiger partial charge >= 0.3 is 0 Å². The van der Waals surface area contributed by atoms with Crippen molar-refractivity contribution in [1.29, 1.82) is 0 Å². The summed E-state index contributed by atoms with van der Waals surface area (Å²) in [6.07, 6.45) is 4.60. The molecular weight excluding hydrogens is 217 g/mol. The highest BCUT2D eigenvalue weighted by molar-refractivity contribution is 5.24. The smallest absolute Gasteiger partial charge is 0.123 e. The summed E-state index contributed by atoms with van der Waals surface area (Å²) in [6, 6.07) is 7.05. The van der Waals surface area contributed by atoms with Gasteiger partial charge in [-0.1, -0.05) is 25.0 Å². The fourth-order valence-electron chi connectivity index (χ4n) is 3.24. The van der Waals surface area contributed by atoms with Crippen molar-refractivity contribution in [3.05, 3.63) is 35.6 Å². The van der Waals surface area contributed by atoms with E-state index in [0.717, 1.165) is 31.6 Å². The van der Waals surface area contributed by atoms with Crippen LogP contribution in [0.1, 0.15) is 37.3 Å². The van der Waals surface area contributed by atoms with Crippen molar-refractivity contribution in [2.45, 2.75) is 37.3 Å². The predicted octanol–water partition coefficient (Wildman–Crippen LogP) is 2.80. The van der Waals surface area contributed by atoms with Gasteiger partial charge in [-0.05, 0) is 30.5 Å². The largest absolute Gasteiger partial charge is 0.372 e. The summed E-state index contributed by atoms with van der Waals surface area (Å²) in [5.41, 5.74) is 0.929. The molecule has 3 rings (SSSR count). The molecule has 0 bridgehead atoms. The molecule has 1 aliphatic carbocycles. The molecule has 1 N–H and O–H groups in total. The molecule has 3 heteroatoms. The van der Waals surface area contributed by atoms with Crippen molar-refractivity contribution in [2.75, 3.05) is 13.2 Å². The van der Waals surface area contributed by atoms with Crippen LogP contribution in [0.15, 0.2) is 24.3 Å². The molecule has 1 spiro atoms. The Bertz CT molecular complexity index is 401. The van der Waals surface area contributed by atoms with Gasteiger partial charge in [-0.25, -0.2) is 4.39 Å². The normalized spacial score (nSPS) is 27.5. The van der Waals surface area contributed by atoms with Crippen LogP contribution in [0, 0.1) is 5.82 Å². The highest BCUT2D eigenvalue weighted by Gasteiger charge is 2.44. The van der Waals surface area contributed by atoms with Crippen molar-refractivity contribution >= 4 is 0 Å². The molecule has 1 heterocycles. The lowest BCUT2D eigenvalue weighted by atomic mass is 9.85. The van der Waals surface area contributed by atoms with Gasteiger partial charge < -0.3 is 10.1 Å². The lowest BCUT2D eigenvalue weighted by Crippen LogP contribution is -2.50. The number of rotatable bonds is 1. The van der Waals surface area contributed by atoms with E-state index >= 15 is 0 Å². The number of hydrogen-bond donors (Lipinski definition) is 1. The Hall–Kier alpha value is -0.930. The summed E-state index contributed by atoms with van der Waals surface area (Å²) in [4.78, 5) is 0. The Labute approximate surface area is 101 Å². The van der Waals surface area contributed by atoms with Gasteiger partial charge in [0.15, 0.2) is 0 Å². The third-order valence-corrected chi connectivity index (χ3v) is 4.00. The molecule has 0 amide bonds. The average molecular weight is 235 g/mol. The number of nitrogens with one attached hydrogen (secondary N) is 1. The molecule has 1 saturated heterocycles. The summed E-state index contributed by atoms with van der Waals surface area (Å²) >= 11 is 0. The molecule has 0 aromatic heterocycles. The first-order valence-corrected chi connectivity index (χ1v) is 6.43. The van der Waals surface area contributed by atoms with Crippen molar-refractivity contribution in [3.8, 4) is 0 Å². The summed E-state index contributed by atoms with van der Waals surface area (Å²) in [5, 5.41) is 3.50. The Morgan fingerprint density at radius 3 is 2.88 bits per heavy atom. The fraction of sp³-hybridized carbons (Fsp3) is 0.571. The minimum absolute atomic E-state index is 0.0912. The van der Waals surface area contributed by atoms with E-state index in [1.54, 1.807) is 12.1 Å². The number of hydrogen-bond acceptors (Lipinski definition) is 2. The van der Waals surface area contributed by atoms with E-state index in [1.165, 1.54) is 18.9 Å². The lowest BCUT2D eigenvalue weighted by Gasteiger charge is -2.42. The van der Waals surface area contributed by atoms with Crippen LogP contribution >= 0.6 is 0 Å². The van der Waals surface area contributed by atoms with E-state index in [2.05, 4.69) is 5.32 Å².